The van der Waals surface area contributed by atoms with Gasteiger partial charge >= 0.3 is 0 Å². The Kier molecular flexibility index (Phi) is 4.86. The van der Waals surface area contributed by atoms with Crippen LogP contribution in [0.5, 0.6) is 0 Å². The molecule has 150 valence electrons. The Morgan fingerprint density at radius 3 is 2.65 bits per heavy atom. The van der Waals surface area contributed by atoms with Crippen molar-refractivity contribution >= 4 is 22.7 Å². The van der Waals surface area contributed by atoms with Crippen molar-refractivity contribution in [1.29, 1.82) is 5.26 Å². The molecule has 3 aromatic heterocycles. The summed E-state index contributed by atoms with van der Waals surface area (Å²) in [5.74, 6) is 1.59. The van der Waals surface area contributed by atoms with Gasteiger partial charge in [-0.05, 0) is 48.5 Å². The second-order valence-electron chi connectivity index (χ2n) is 6.66. The van der Waals surface area contributed by atoms with Gasteiger partial charge in [0, 0.05) is 11.8 Å². The first-order valence-corrected chi connectivity index (χ1v) is 10.4. The van der Waals surface area contributed by atoms with E-state index in [2.05, 4.69) is 11.2 Å². The fourth-order valence-corrected chi connectivity index (χ4v) is 4.07. The molecule has 0 radical (unpaired) electrons. The van der Waals surface area contributed by atoms with E-state index < -0.39 is 0 Å². The second kappa shape index (κ2) is 7.97. The minimum absolute atomic E-state index is 0.172. The summed E-state index contributed by atoms with van der Waals surface area (Å²) in [6.45, 7) is 0. The molecule has 7 nitrogen and oxygen atoms in total. The molecule has 2 aromatic carbocycles. The number of thioether (sulfide) groups is 1. The highest BCUT2D eigenvalue weighted by atomic mass is 32.2. The Labute approximate surface area is 180 Å². The van der Waals surface area contributed by atoms with Gasteiger partial charge in [-0.3, -0.25) is 9.36 Å². The lowest BCUT2D eigenvalue weighted by Gasteiger charge is -2.12. The van der Waals surface area contributed by atoms with E-state index in [0.717, 1.165) is 0 Å². The largest absolute Gasteiger partial charge is 0.461 e. The Hall–Kier alpha value is -4.09. The number of para-hydroxylation sites is 1. The van der Waals surface area contributed by atoms with Gasteiger partial charge in [-0.2, -0.15) is 5.26 Å². The summed E-state index contributed by atoms with van der Waals surface area (Å²) in [4.78, 5) is 18.0. The summed E-state index contributed by atoms with van der Waals surface area (Å²) >= 11 is 1.38. The van der Waals surface area contributed by atoms with Crippen molar-refractivity contribution in [2.45, 2.75) is 10.9 Å². The Morgan fingerprint density at radius 1 is 1.03 bits per heavy atom. The van der Waals surface area contributed by atoms with Gasteiger partial charge in [0.05, 0.1) is 40.2 Å². The number of benzene rings is 2. The van der Waals surface area contributed by atoms with E-state index in [9.17, 15) is 4.79 Å². The summed E-state index contributed by atoms with van der Waals surface area (Å²) in [7, 11) is 0. The molecule has 0 aliphatic rings. The predicted octanol–water partition coefficient (Wildman–Crippen LogP) is 4.80. The summed E-state index contributed by atoms with van der Waals surface area (Å²) in [5, 5.41) is 14.2. The quantitative estimate of drug-likeness (QED) is 0.294. The molecule has 5 aromatic rings. The number of nitrogens with zero attached hydrogens (tertiary/aromatic N) is 4. The monoisotopic (exact) mass is 426 g/mol. The van der Waals surface area contributed by atoms with Crippen LogP contribution in [0.2, 0.25) is 0 Å². The molecule has 0 aliphatic carbocycles. The molecular formula is C23H14N4O3S. The van der Waals surface area contributed by atoms with Crippen LogP contribution in [0.4, 0.5) is 0 Å². The zero-order chi connectivity index (χ0) is 21.2. The van der Waals surface area contributed by atoms with Crippen molar-refractivity contribution in [3.05, 3.63) is 94.6 Å². The lowest BCUT2D eigenvalue weighted by molar-refractivity contribution is 0.413. The fraction of sp³-hybridized carbons (Fsp3) is 0.0435. The minimum atomic E-state index is -0.172. The molecule has 0 aliphatic heterocycles. The second-order valence-corrected chi connectivity index (χ2v) is 7.60. The van der Waals surface area contributed by atoms with Crippen molar-refractivity contribution in [3.63, 3.8) is 0 Å². The van der Waals surface area contributed by atoms with Crippen LogP contribution in [-0.2, 0) is 5.75 Å². The third-order valence-corrected chi connectivity index (χ3v) is 5.64. The molecule has 8 heteroatoms. The number of hydrogen-bond donors (Lipinski definition) is 0. The van der Waals surface area contributed by atoms with Gasteiger partial charge < -0.3 is 8.94 Å². The first-order chi connectivity index (χ1) is 15.2. The van der Waals surface area contributed by atoms with Crippen LogP contribution in [-0.4, -0.2) is 14.7 Å². The summed E-state index contributed by atoms with van der Waals surface area (Å²) in [6.07, 6.45) is 1.57. The van der Waals surface area contributed by atoms with E-state index in [0.29, 0.717) is 50.3 Å². The number of nitriles is 1. The standard InChI is InChI=1S/C23H14N4O3S/c24-13-15-7-9-17(10-8-15)27-22(28)18-4-1-2-5-19(18)25-23(27)31-14-16-12-21(30-26-16)20-6-3-11-29-20/h1-12H,14H2. The highest BCUT2D eigenvalue weighted by Crippen LogP contribution is 2.27. The van der Waals surface area contributed by atoms with Crippen LogP contribution in [0.15, 0.2) is 91.9 Å². The summed E-state index contributed by atoms with van der Waals surface area (Å²) in [5.41, 5.74) is 2.31. The highest BCUT2D eigenvalue weighted by Gasteiger charge is 2.15. The third-order valence-electron chi connectivity index (χ3n) is 4.67. The van der Waals surface area contributed by atoms with Gasteiger partial charge in [0.15, 0.2) is 10.9 Å². The maximum absolute atomic E-state index is 13.3. The first-order valence-electron chi connectivity index (χ1n) is 9.37. The lowest BCUT2D eigenvalue weighted by Crippen LogP contribution is -2.21. The van der Waals surface area contributed by atoms with E-state index in [-0.39, 0.29) is 5.56 Å². The van der Waals surface area contributed by atoms with Gasteiger partial charge in [-0.15, -0.1) is 0 Å². The molecule has 0 bridgehead atoms. The Bertz CT molecular complexity index is 1460. The number of aromatic nitrogens is 3. The average molecular weight is 426 g/mol. The average Bonchev–Trinajstić information content (AvgIpc) is 3.50. The Morgan fingerprint density at radius 2 is 1.87 bits per heavy atom. The molecule has 0 saturated heterocycles. The van der Waals surface area contributed by atoms with Crippen LogP contribution in [0.1, 0.15) is 11.3 Å². The topological polar surface area (TPSA) is 97.8 Å². The molecule has 0 spiro atoms. The van der Waals surface area contributed by atoms with E-state index in [1.165, 1.54) is 11.8 Å². The van der Waals surface area contributed by atoms with Crippen LogP contribution in [0.3, 0.4) is 0 Å². The summed E-state index contributed by atoms with van der Waals surface area (Å²) in [6, 6.07) is 21.5. The molecule has 0 fully saturated rings. The molecule has 0 amide bonds. The lowest BCUT2D eigenvalue weighted by atomic mass is 10.2. The first kappa shape index (κ1) is 18.9. The SMILES string of the molecule is N#Cc1ccc(-n2c(SCc3cc(-c4ccco4)on3)nc3ccccc3c2=O)cc1. The van der Waals surface area contributed by atoms with Crippen molar-refractivity contribution in [2.24, 2.45) is 0 Å². The van der Waals surface area contributed by atoms with Crippen LogP contribution < -0.4 is 5.56 Å². The molecule has 0 saturated carbocycles. The number of fused-ring (bicyclic) bond motifs is 1. The van der Waals surface area contributed by atoms with Gasteiger partial charge in [0.2, 0.25) is 5.76 Å². The van der Waals surface area contributed by atoms with E-state index in [1.54, 1.807) is 59.4 Å². The fourth-order valence-electron chi connectivity index (χ4n) is 3.18. The third kappa shape index (κ3) is 3.63. The molecule has 31 heavy (non-hydrogen) atoms. The summed E-state index contributed by atoms with van der Waals surface area (Å²) < 4.78 is 12.2. The van der Waals surface area contributed by atoms with Crippen molar-refractivity contribution in [1.82, 2.24) is 14.7 Å². The smallest absolute Gasteiger partial charge is 0.266 e. The maximum atomic E-state index is 13.3. The van der Waals surface area contributed by atoms with Crippen molar-refractivity contribution in [2.75, 3.05) is 0 Å². The van der Waals surface area contributed by atoms with Gasteiger partial charge in [0.25, 0.3) is 5.56 Å². The van der Waals surface area contributed by atoms with Gasteiger partial charge in [-0.25, -0.2) is 4.98 Å². The number of rotatable bonds is 5. The molecule has 0 unspecified atom stereocenters. The number of furan rings is 1. The van der Waals surface area contributed by atoms with E-state index in [4.69, 9.17) is 19.2 Å². The number of hydrogen-bond acceptors (Lipinski definition) is 7. The predicted molar refractivity (Wildman–Crippen MR) is 116 cm³/mol. The molecular weight excluding hydrogens is 412 g/mol. The zero-order valence-corrected chi connectivity index (χ0v) is 16.9. The zero-order valence-electron chi connectivity index (χ0n) is 16.1. The molecule has 0 atom stereocenters. The molecule has 0 N–H and O–H groups in total. The molecule has 3 heterocycles. The molecule has 5 rings (SSSR count). The van der Waals surface area contributed by atoms with Gasteiger partial charge in [-0.1, -0.05) is 29.1 Å². The van der Waals surface area contributed by atoms with Crippen molar-refractivity contribution < 1.29 is 8.94 Å². The Balaban J connectivity index is 1.54. The maximum Gasteiger partial charge on any atom is 0.266 e. The van der Waals surface area contributed by atoms with Crippen LogP contribution in [0.25, 0.3) is 28.1 Å². The van der Waals surface area contributed by atoms with E-state index >= 15 is 0 Å². The van der Waals surface area contributed by atoms with E-state index in [1.807, 2.05) is 18.2 Å². The minimum Gasteiger partial charge on any atom is -0.461 e. The highest BCUT2D eigenvalue weighted by molar-refractivity contribution is 7.98. The van der Waals surface area contributed by atoms with Crippen LogP contribution in [0, 0.1) is 11.3 Å². The van der Waals surface area contributed by atoms with Crippen molar-refractivity contribution in [3.8, 4) is 23.3 Å². The normalized spacial score (nSPS) is 10.9. The van der Waals surface area contributed by atoms with Crippen LogP contribution >= 0.6 is 11.8 Å². The van der Waals surface area contributed by atoms with Gasteiger partial charge in [0.1, 0.15) is 0 Å².